The average molecular weight is 416 g/mol. The number of benzene rings is 1. The molecule has 2 amide bonds. The number of carbonyl (C=O) groups excluding carboxylic acids is 3. The van der Waals surface area contributed by atoms with E-state index in [-0.39, 0.29) is 11.8 Å². The van der Waals surface area contributed by atoms with Gasteiger partial charge in [0.15, 0.2) is 0 Å². The Balaban J connectivity index is 2.06. The topological polar surface area (TPSA) is 84.5 Å². The third kappa shape index (κ3) is 4.19. The van der Waals surface area contributed by atoms with Crippen molar-refractivity contribution in [1.82, 2.24) is 10.6 Å². The maximum absolute atomic E-state index is 12.2. The summed E-state index contributed by atoms with van der Waals surface area (Å²) in [6.45, 7) is 0. The molecule has 22 heavy (non-hydrogen) atoms. The molecule has 0 aliphatic carbocycles. The minimum absolute atomic E-state index is 0.146. The van der Waals surface area contributed by atoms with Crippen molar-refractivity contribution < 1.29 is 19.1 Å². The van der Waals surface area contributed by atoms with Crippen LogP contribution in [0.5, 0.6) is 0 Å². The van der Waals surface area contributed by atoms with Crippen LogP contribution in [0.15, 0.2) is 24.3 Å². The summed E-state index contributed by atoms with van der Waals surface area (Å²) in [4.78, 5) is 35.3. The van der Waals surface area contributed by atoms with Crippen LogP contribution in [0, 0.1) is 3.57 Å². The van der Waals surface area contributed by atoms with Gasteiger partial charge in [0.1, 0.15) is 12.1 Å². The zero-order valence-corrected chi connectivity index (χ0v) is 14.3. The Labute approximate surface area is 142 Å². The van der Waals surface area contributed by atoms with Crippen LogP contribution in [0.2, 0.25) is 0 Å². The van der Waals surface area contributed by atoms with E-state index in [2.05, 4.69) is 33.2 Å². The monoisotopic (exact) mass is 416 g/mol. The molecule has 1 saturated heterocycles. The molecule has 1 heterocycles. The highest BCUT2D eigenvalue weighted by Gasteiger charge is 2.31. The van der Waals surface area contributed by atoms with Gasteiger partial charge in [0.05, 0.1) is 7.11 Å². The minimum atomic E-state index is -0.772. The number of hydrogen-bond acceptors (Lipinski definition) is 4. The molecule has 7 heteroatoms. The lowest BCUT2D eigenvalue weighted by molar-refractivity contribution is -0.145. The van der Waals surface area contributed by atoms with E-state index >= 15 is 0 Å². The maximum atomic E-state index is 12.2. The fourth-order valence-electron chi connectivity index (χ4n) is 2.30. The van der Waals surface area contributed by atoms with Crippen LogP contribution in [-0.2, 0) is 25.5 Å². The summed E-state index contributed by atoms with van der Waals surface area (Å²) in [5.41, 5.74) is 0.953. The molecule has 1 aliphatic heterocycles. The molecule has 0 unspecified atom stereocenters. The molecule has 1 fully saturated rings. The van der Waals surface area contributed by atoms with Gasteiger partial charge in [-0.1, -0.05) is 18.2 Å². The van der Waals surface area contributed by atoms with E-state index in [0.717, 1.165) is 9.13 Å². The number of methoxy groups -OCH3 is 1. The van der Waals surface area contributed by atoms with Crippen molar-refractivity contribution >= 4 is 40.4 Å². The van der Waals surface area contributed by atoms with E-state index in [1.807, 2.05) is 24.3 Å². The standard InChI is InChI=1S/C15H17IN2O4/c1-22-15(21)12(8-9-4-2-3-5-10(9)16)18-14(20)11-6-7-13(19)17-11/h2-5,11-12H,6-8H2,1H3,(H,17,19)(H,18,20)/t11-,12+/m1/s1. The first-order valence-electron chi connectivity index (χ1n) is 6.92. The van der Waals surface area contributed by atoms with Gasteiger partial charge in [-0.2, -0.15) is 0 Å². The molecular weight excluding hydrogens is 399 g/mol. The van der Waals surface area contributed by atoms with Crippen molar-refractivity contribution in [3.05, 3.63) is 33.4 Å². The normalized spacial score (nSPS) is 18.5. The molecule has 0 radical (unpaired) electrons. The van der Waals surface area contributed by atoms with Gasteiger partial charge >= 0.3 is 5.97 Å². The SMILES string of the molecule is COC(=O)[C@H](Cc1ccccc1I)NC(=O)[C@H]1CCC(=O)N1. The predicted octanol–water partition coefficient (Wildman–Crippen LogP) is 0.770. The lowest BCUT2D eigenvalue weighted by atomic mass is 10.1. The van der Waals surface area contributed by atoms with Gasteiger partial charge in [-0.15, -0.1) is 0 Å². The van der Waals surface area contributed by atoms with Gasteiger partial charge in [-0.3, -0.25) is 9.59 Å². The Hall–Kier alpha value is -1.64. The smallest absolute Gasteiger partial charge is 0.328 e. The van der Waals surface area contributed by atoms with Crippen molar-refractivity contribution in [3.63, 3.8) is 0 Å². The Morgan fingerprint density at radius 3 is 2.77 bits per heavy atom. The summed E-state index contributed by atoms with van der Waals surface area (Å²) in [7, 11) is 1.29. The zero-order valence-electron chi connectivity index (χ0n) is 12.1. The van der Waals surface area contributed by atoms with Gasteiger partial charge in [0.2, 0.25) is 11.8 Å². The second kappa shape index (κ2) is 7.57. The summed E-state index contributed by atoms with van der Waals surface area (Å²) in [5, 5.41) is 5.26. The molecule has 1 aromatic rings. The van der Waals surface area contributed by atoms with Crippen LogP contribution in [0.4, 0.5) is 0 Å². The predicted molar refractivity (Wildman–Crippen MR) is 88.0 cm³/mol. The Bertz CT molecular complexity index is 591. The highest BCUT2D eigenvalue weighted by atomic mass is 127. The van der Waals surface area contributed by atoms with Crippen LogP contribution in [0.25, 0.3) is 0 Å². The van der Waals surface area contributed by atoms with Crippen molar-refractivity contribution in [1.29, 1.82) is 0 Å². The molecule has 0 saturated carbocycles. The second-order valence-electron chi connectivity index (χ2n) is 5.04. The van der Waals surface area contributed by atoms with E-state index in [1.54, 1.807) is 0 Å². The number of rotatable bonds is 5. The molecule has 0 bridgehead atoms. The van der Waals surface area contributed by atoms with Gasteiger partial charge in [-0.25, -0.2) is 4.79 Å². The molecule has 0 aromatic heterocycles. The molecule has 6 nitrogen and oxygen atoms in total. The molecule has 2 N–H and O–H groups in total. The fourth-order valence-corrected chi connectivity index (χ4v) is 2.91. The van der Waals surface area contributed by atoms with Crippen molar-refractivity contribution in [3.8, 4) is 0 Å². The Morgan fingerprint density at radius 2 is 2.18 bits per heavy atom. The van der Waals surface area contributed by atoms with Crippen LogP contribution < -0.4 is 10.6 Å². The number of carbonyl (C=O) groups is 3. The summed E-state index contributed by atoms with van der Waals surface area (Å²) in [6.07, 6.45) is 1.12. The number of amides is 2. The van der Waals surface area contributed by atoms with Gasteiger partial charge < -0.3 is 15.4 Å². The first kappa shape index (κ1) is 16.7. The van der Waals surface area contributed by atoms with Gasteiger partial charge in [0.25, 0.3) is 0 Å². The fraction of sp³-hybridized carbons (Fsp3) is 0.400. The Morgan fingerprint density at radius 1 is 1.45 bits per heavy atom. The highest BCUT2D eigenvalue weighted by Crippen LogP contribution is 2.14. The third-order valence-electron chi connectivity index (χ3n) is 3.50. The molecule has 1 aromatic carbocycles. The summed E-state index contributed by atoms with van der Waals surface area (Å²) < 4.78 is 5.78. The summed E-state index contributed by atoms with van der Waals surface area (Å²) in [6, 6.07) is 6.28. The molecule has 1 aliphatic rings. The molecule has 2 rings (SSSR count). The lowest BCUT2D eigenvalue weighted by Gasteiger charge is -2.19. The quantitative estimate of drug-likeness (QED) is 0.549. The van der Waals surface area contributed by atoms with E-state index in [1.165, 1.54) is 7.11 Å². The number of nitrogens with one attached hydrogen (secondary N) is 2. The van der Waals surface area contributed by atoms with Crippen LogP contribution in [0.3, 0.4) is 0 Å². The zero-order chi connectivity index (χ0) is 16.1. The van der Waals surface area contributed by atoms with Gasteiger partial charge in [-0.05, 0) is 40.6 Å². The lowest BCUT2D eigenvalue weighted by Crippen LogP contribution is -2.50. The van der Waals surface area contributed by atoms with Crippen LogP contribution >= 0.6 is 22.6 Å². The first-order valence-corrected chi connectivity index (χ1v) is 8.00. The third-order valence-corrected chi connectivity index (χ3v) is 4.55. The average Bonchev–Trinajstić information content (AvgIpc) is 2.94. The van der Waals surface area contributed by atoms with Crippen molar-refractivity contribution in [2.45, 2.75) is 31.3 Å². The number of halogens is 1. The van der Waals surface area contributed by atoms with E-state index < -0.39 is 18.1 Å². The highest BCUT2D eigenvalue weighted by molar-refractivity contribution is 14.1. The largest absolute Gasteiger partial charge is 0.467 e. The number of esters is 1. The first-order chi connectivity index (χ1) is 10.5. The Kier molecular flexibility index (Phi) is 5.76. The number of ether oxygens (including phenoxy) is 1. The maximum Gasteiger partial charge on any atom is 0.328 e. The van der Waals surface area contributed by atoms with Crippen LogP contribution in [0.1, 0.15) is 18.4 Å². The summed E-state index contributed by atoms with van der Waals surface area (Å²) in [5.74, 6) is -1.00. The second-order valence-corrected chi connectivity index (χ2v) is 6.20. The molecular formula is C15H17IN2O4. The van der Waals surface area contributed by atoms with Gasteiger partial charge in [0, 0.05) is 16.4 Å². The molecule has 0 spiro atoms. The van der Waals surface area contributed by atoms with Crippen molar-refractivity contribution in [2.75, 3.05) is 7.11 Å². The van der Waals surface area contributed by atoms with E-state index in [4.69, 9.17) is 4.74 Å². The van der Waals surface area contributed by atoms with Crippen LogP contribution in [-0.4, -0.2) is 37.0 Å². The molecule has 118 valence electrons. The van der Waals surface area contributed by atoms with E-state index in [0.29, 0.717) is 19.3 Å². The van der Waals surface area contributed by atoms with E-state index in [9.17, 15) is 14.4 Å². The number of hydrogen-bond donors (Lipinski definition) is 2. The summed E-state index contributed by atoms with van der Waals surface area (Å²) >= 11 is 2.18. The van der Waals surface area contributed by atoms with Crippen molar-refractivity contribution in [2.24, 2.45) is 0 Å². The molecule has 2 atom stereocenters. The minimum Gasteiger partial charge on any atom is -0.467 e.